The third kappa shape index (κ3) is 5.11. The van der Waals surface area contributed by atoms with Crippen molar-refractivity contribution in [3.63, 3.8) is 0 Å². The van der Waals surface area contributed by atoms with Gasteiger partial charge in [-0.1, -0.05) is 60.3 Å². The summed E-state index contributed by atoms with van der Waals surface area (Å²) in [4.78, 5) is 24.3. The topological polar surface area (TPSA) is 89.0 Å². The molecule has 0 atom stereocenters. The SMILES string of the molecule is COCCCn1c(SCC(=O)Nc2ccccc2-c2ccccc2)n[nH]c1=O. The Labute approximate surface area is 167 Å². The third-order valence-electron chi connectivity index (χ3n) is 4.07. The number of thioether (sulfide) groups is 1. The Bertz CT molecular complexity index is 969. The molecule has 1 heterocycles. The fourth-order valence-electron chi connectivity index (χ4n) is 2.76. The van der Waals surface area contributed by atoms with Crippen LogP contribution in [0.15, 0.2) is 64.5 Å². The number of amides is 1. The number of carbonyl (C=O) groups excluding carboxylic acids is 1. The average Bonchev–Trinajstić information content (AvgIpc) is 3.07. The van der Waals surface area contributed by atoms with E-state index in [1.54, 1.807) is 7.11 Å². The monoisotopic (exact) mass is 398 g/mol. The number of ether oxygens (including phenoxy) is 1. The molecule has 0 aliphatic heterocycles. The van der Waals surface area contributed by atoms with Crippen molar-refractivity contribution in [2.75, 3.05) is 24.8 Å². The van der Waals surface area contributed by atoms with Crippen molar-refractivity contribution in [1.29, 1.82) is 0 Å². The molecule has 7 nitrogen and oxygen atoms in total. The van der Waals surface area contributed by atoms with Gasteiger partial charge in [0.2, 0.25) is 5.91 Å². The van der Waals surface area contributed by atoms with Crippen molar-refractivity contribution >= 4 is 23.4 Å². The summed E-state index contributed by atoms with van der Waals surface area (Å²) in [6.45, 7) is 1.04. The van der Waals surface area contributed by atoms with Crippen LogP contribution in [0.1, 0.15) is 6.42 Å². The van der Waals surface area contributed by atoms with Gasteiger partial charge < -0.3 is 10.1 Å². The Morgan fingerprint density at radius 1 is 1.18 bits per heavy atom. The van der Waals surface area contributed by atoms with E-state index in [4.69, 9.17) is 4.74 Å². The lowest BCUT2D eigenvalue weighted by atomic mass is 10.0. The summed E-state index contributed by atoms with van der Waals surface area (Å²) < 4.78 is 6.54. The number of rotatable bonds is 9. The molecule has 0 fully saturated rings. The van der Waals surface area contributed by atoms with E-state index in [9.17, 15) is 9.59 Å². The van der Waals surface area contributed by atoms with Gasteiger partial charge in [-0.3, -0.25) is 9.36 Å². The molecule has 0 aliphatic carbocycles. The highest BCUT2D eigenvalue weighted by molar-refractivity contribution is 7.99. The number of nitrogens with zero attached hydrogens (tertiary/aromatic N) is 2. The van der Waals surface area contributed by atoms with Gasteiger partial charge >= 0.3 is 5.69 Å². The van der Waals surface area contributed by atoms with Crippen LogP contribution < -0.4 is 11.0 Å². The molecule has 3 aromatic rings. The smallest absolute Gasteiger partial charge is 0.343 e. The zero-order valence-corrected chi connectivity index (χ0v) is 16.4. The van der Waals surface area contributed by atoms with Crippen LogP contribution in [0.4, 0.5) is 5.69 Å². The standard InChI is InChI=1S/C20H22N4O3S/c1-27-13-7-12-24-19(26)22-23-20(24)28-14-18(25)21-17-11-6-5-10-16(17)15-8-3-2-4-9-15/h2-6,8-11H,7,12-14H2,1H3,(H,21,25)(H,22,26). The number of methoxy groups -OCH3 is 1. The van der Waals surface area contributed by atoms with E-state index in [1.807, 2.05) is 54.6 Å². The van der Waals surface area contributed by atoms with Gasteiger partial charge in [-0.25, -0.2) is 9.89 Å². The van der Waals surface area contributed by atoms with Crippen molar-refractivity contribution in [2.45, 2.75) is 18.1 Å². The van der Waals surface area contributed by atoms with E-state index in [1.165, 1.54) is 16.3 Å². The van der Waals surface area contributed by atoms with Crippen LogP contribution in [0.5, 0.6) is 0 Å². The molecule has 8 heteroatoms. The first kappa shape index (κ1) is 19.9. The summed E-state index contributed by atoms with van der Waals surface area (Å²) in [5.41, 5.74) is 2.45. The van der Waals surface area contributed by atoms with Crippen LogP contribution in [-0.2, 0) is 16.1 Å². The molecule has 0 unspecified atom stereocenters. The Balaban J connectivity index is 1.64. The van der Waals surface area contributed by atoms with E-state index in [-0.39, 0.29) is 17.3 Å². The molecular formula is C20H22N4O3S. The normalized spacial score (nSPS) is 10.8. The second-order valence-electron chi connectivity index (χ2n) is 6.06. The molecular weight excluding hydrogens is 376 g/mol. The van der Waals surface area contributed by atoms with E-state index in [0.717, 1.165) is 16.8 Å². The number of benzene rings is 2. The number of carbonyl (C=O) groups is 1. The lowest BCUT2D eigenvalue weighted by Crippen LogP contribution is -2.19. The van der Waals surface area contributed by atoms with E-state index in [0.29, 0.717) is 24.7 Å². The van der Waals surface area contributed by atoms with Gasteiger partial charge in [-0.05, 0) is 18.1 Å². The molecule has 0 bridgehead atoms. The van der Waals surface area contributed by atoms with Gasteiger partial charge in [0.15, 0.2) is 5.16 Å². The minimum atomic E-state index is -0.284. The molecule has 0 spiro atoms. The highest BCUT2D eigenvalue weighted by Crippen LogP contribution is 2.27. The quantitative estimate of drug-likeness (QED) is 0.427. The van der Waals surface area contributed by atoms with E-state index < -0.39 is 0 Å². The van der Waals surface area contributed by atoms with Crippen molar-refractivity contribution in [1.82, 2.24) is 14.8 Å². The minimum Gasteiger partial charge on any atom is -0.385 e. The summed E-state index contributed by atoms with van der Waals surface area (Å²) in [7, 11) is 1.62. The molecule has 0 radical (unpaired) electrons. The first-order valence-corrected chi connectivity index (χ1v) is 9.89. The van der Waals surface area contributed by atoms with Gasteiger partial charge in [0.25, 0.3) is 0 Å². The van der Waals surface area contributed by atoms with Gasteiger partial charge in [-0.2, -0.15) is 0 Å². The van der Waals surface area contributed by atoms with Gasteiger partial charge in [0.1, 0.15) is 0 Å². The summed E-state index contributed by atoms with van der Waals surface area (Å²) in [5, 5.41) is 9.88. The molecule has 0 aliphatic rings. The highest BCUT2D eigenvalue weighted by atomic mass is 32.2. The Morgan fingerprint density at radius 2 is 1.93 bits per heavy atom. The predicted molar refractivity (Wildman–Crippen MR) is 111 cm³/mol. The molecule has 0 saturated carbocycles. The number of aromatic amines is 1. The Morgan fingerprint density at radius 3 is 2.71 bits per heavy atom. The number of H-pyrrole nitrogens is 1. The van der Waals surface area contributed by atoms with Crippen molar-refractivity contribution in [3.05, 3.63) is 65.1 Å². The zero-order chi connectivity index (χ0) is 19.8. The minimum absolute atomic E-state index is 0.150. The third-order valence-corrected chi connectivity index (χ3v) is 5.05. The van der Waals surface area contributed by atoms with Crippen molar-refractivity contribution in [3.8, 4) is 11.1 Å². The number of hydrogen-bond acceptors (Lipinski definition) is 5. The number of aromatic nitrogens is 3. The molecule has 2 aromatic carbocycles. The molecule has 28 heavy (non-hydrogen) atoms. The number of anilines is 1. The second kappa shape index (κ2) is 9.91. The molecule has 0 saturated heterocycles. The van der Waals surface area contributed by atoms with Gasteiger partial charge in [-0.15, -0.1) is 5.10 Å². The number of nitrogens with one attached hydrogen (secondary N) is 2. The summed E-state index contributed by atoms with van der Waals surface area (Å²) in [6.07, 6.45) is 0.695. The van der Waals surface area contributed by atoms with E-state index in [2.05, 4.69) is 15.5 Å². The highest BCUT2D eigenvalue weighted by Gasteiger charge is 2.13. The molecule has 1 aromatic heterocycles. The van der Waals surface area contributed by atoms with Crippen LogP contribution in [0.3, 0.4) is 0 Å². The zero-order valence-electron chi connectivity index (χ0n) is 15.6. The first-order valence-electron chi connectivity index (χ1n) is 8.90. The van der Waals surface area contributed by atoms with E-state index >= 15 is 0 Å². The first-order chi connectivity index (χ1) is 13.7. The maximum atomic E-state index is 12.5. The number of hydrogen-bond donors (Lipinski definition) is 2. The maximum absolute atomic E-state index is 12.5. The van der Waals surface area contributed by atoms with Crippen molar-refractivity contribution in [2.24, 2.45) is 0 Å². The predicted octanol–water partition coefficient (Wildman–Crippen LogP) is 3.01. The lowest BCUT2D eigenvalue weighted by molar-refractivity contribution is -0.113. The van der Waals surface area contributed by atoms with Crippen LogP contribution in [-0.4, -0.2) is 40.1 Å². The van der Waals surface area contributed by atoms with Crippen molar-refractivity contribution < 1.29 is 9.53 Å². The van der Waals surface area contributed by atoms with Crippen LogP contribution in [0, 0.1) is 0 Å². The fourth-order valence-corrected chi connectivity index (χ4v) is 3.53. The van der Waals surface area contributed by atoms with Gasteiger partial charge in [0.05, 0.1) is 5.75 Å². The molecule has 146 valence electrons. The average molecular weight is 398 g/mol. The summed E-state index contributed by atoms with van der Waals surface area (Å²) in [6, 6.07) is 17.6. The lowest BCUT2D eigenvalue weighted by Gasteiger charge is -2.11. The molecule has 3 rings (SSSR count). The molecule has 2 N–H and O–H groups in total. The van der Waals surface area contributed by atoms with Crippen LogP contribution in [0.25, 0.3) is 11.1 Å². The number of para-hydroxylation sites is 1. The Kier molecular flexibility index (Phi) is 7.05. The summed E-state index contributed by atoms with van der Waals surface area (Å²) >= 11 is 1.22. The maximum Gasteiger partial charge on any atom is 0.343 e. The largest absolute Gasteiger partial charge is 0.385 e. The Hall–Kier alpha value is -2.84. The fraction of sp³-hybridized carbons (Fsp3) is 0.250. The van der Waals surface area contributed by atoms with Crippen LogP contribution in [0.2, 0.25) is 0 Å². The van der Waals surface area contributed by atoms with Gasteiger partial charge in [0, 0.05) is 31.5 Å². The van der Waals surface area contributed by atoms with Crippen LogP contribution >= 0.6 is 11.8 Å². The second-order valence-corrected chi connectivity index (χ2v) is 7.00. The summed E-state index contributed by atoms with van der Waals surface area (Å²) in [5.74, 6) is -0.00944. The molecule has 1 amide bonds.